The second kappa shape index (κ2) is 5.04. The molecular formula is C12H18BrN3. The van der Waals surface area contributed by atoms with Crippen molar-refractivity contribution in [1.29, 1.82) is 0 Å². The molecule has 0 aromatic carbocycles. The average molecular weight is 284 g/mol. The van der Waals surface area contributed by atoms with Crippen molar-refractivity contribution in [2.24, 2.45) is 5.92 Å². The lowest BCUT2D eigenvalue weighted by Gasteiger charge is -2.34. The average Bonchev–Trinajstić information content (AvgIpc) is 2.30. The highest BCUT2D eigenvalue weighted by atomic mass is 79.9. The molecule has 0 spiro atoms. The molecule has 2 heterocycles. The van der Waals surface area contributed by atoms with Crippen molar-refractivity contribution in [3.05, 3.63) is 16.9 Å². The van der Waals surface area contributed by atoms with Crippen LogP contribution in [0.1, 0.15) is 26.2 Å². The second-order valence-corrected chi connectivity index (χ2v) is 5.25. The summed E-state index contributed by atoms with van der Waals surface area (Å²) in [6, 6.07) is 0. The van der Waals surface area contributed by atoms with Crippen molar-refractivity contribution >= 4 is 27.3 Å². The number of nitrogen functional groups attached to an aromatic ring is 1. The number of nitrogens with zero attached hydrogens (tertiary/aromatic N) is 2. The first-order valence-electron chi connectivity index (χ1n) is 5.86. The fourth-order valence-corrected chi connectivity index (χ4v) is 2.94. The SMILES string of the molecule is CCC1CCN(c2c(N)cncc2Br)CC1. The number of piperidine rings is 1. The van der Waals surface area contributed by atoms with Crippen molar-refractivity contribution in [3.8, 4) is 0 Å². The van der Waals surface area contributed by atoms with Gasteiger partial charge in [-0.15, -0.1) is 0 Å². The van der Waals surface area contributed by atoms with E-state index in [1.54, 1.807) is 6.20 Å². The molecule has 1 aliphatic heterocycles. The van der Waals surface area contributed by atoms with Gasteiger partial charge in [-0.3, -0.25) is 4.98 Å². The molecule has 0 radical (unpaired) electrons. The molecule has 1 saturated heterocycles. The second-order valence-electron chi connectivity index (χ2n) is 4.40. The van der Waals surface area contributed by atoms with E-state index in [4.69, 9.17) is 5.73 Å². The van der Waals surface area contributed by atoms with Crippen LogP contribution in [0.4, 0.5) is 11.4 Å². The number of rotatable bonds is 2. The maximum Gasteiger partial charge on any atom is 0.0776 e. The number of anilines is 2. The summed E-state index contributed by atoms with van der Waals surface area (Å²) in [4.78, 5) is 6.44. The van der Waals surface area contributed by atoms with Crippen LogP contribution in [0.15, 0.2) is 16.9 Å². The Morgan fingerprint density at radius 3 is 2.69 bits per heavy atom. The third kappa shape index (κ3) is 2.32. The van der Waals surface area contributed by atoms with Crippen LogP contribution >= 0.6 is 15.9 Å². The molecule has 1 aromatic heterocycles. The van der Waals surface area contributed by atoms with Gasteiger partial charge >= 0.3 is 0 Å². The zero-order valence-electron chi connectivity index (χ0n) is 9.62. The molecule has 1 fully saturated rings. The quantitative estimate of drug-likeness (QED) is 0.907. The molecule has 0 bridgehead atoms. The largest absolute Gasteiger partial charge is 0.396 e. The summed E-state index contributed by atoms with van der Waals surface area (Å²) in [5, 5.41) is 0. The molecule has 0 saturated carbocycles. The highest BCUT2D eigenvalue weighted by Gasteiger charge is 2.21. The summed E-state index contributed by atoms with van der Waals surface area (Å²) < 4.78 is 1.00. The Labute approximate surface area is 105 Å². The molecule has 16 heavy (non-hydrogen) atoms. The number of halogens is 1. The minimum absolute atomic E-state index is 0.768. The van der Waals surface area contributed by atoms with E-state index in [2.05, 4.69) is 32.7 Å². The summed E-state index contributed by atoms with van der Waals surface area (Å²) in [6.07, 6.45) is 7.37. The lowest BCUT2D eigenvalue weighted by atomic mass is 9.94. The van der Waals surface area contributed by atoms with Gasteiger partial charge < -0.3 is 10.6 Å². The predicted molar refractivity (Wildman–Crippen MR) is 71.6 cm³/mol. The van der Waals surface area contributed by atoms with Gasteiger partial charge in [-0.2, -0.15) is 0 Å². The van der Waals surface area contributed by atoms with Crippen molar-refractivity contribution in [3.63, 3.8) is 0 Å². The van der Waals surface area contributed by atoms with E-state index in [1.807, 2.05) is 6.20 Å². The Kier molecular flexibility index (Phi) is 3.69. The van der Waals surface area contributed by atoms with E-state index < -0.39 is 0 Å². The number of hydrogen-bond donors (Lipinski definition) is 1. The maximum atomic E-state index is 5.99. The van der Waals surface area contributed by atoms with Crippen LogP contribution in [-0.4, -0.2) is 18.1 Å². The van der Waals surface area contributed by atoms with Gasteiger partial charge in [0.2, 0.25) is 0 Å². The third-order valence-electron chi connectivity index (χ3n) is 3.41. The van der Waals surface area contributed by atoms with Gasteiger partial charge in [-0.1, -0.05) is 13.3 Å². The molecule has 2 rings (SSSR count). The van der Waals surface area contributed by atoms with Crippen LogP contribution in [0.25, 0.3) is 0 Å². The fraction of sp³-hybridized carbons (Fsp3) is 0.583. The van der Waals surface area contributed by atoms with Crippen molar-refractivity contribution in [2.75, 3.05) is 23.7 Å². The van der Waals surface area contributed by atoms with Gasteiger partial charge in [-0.05, 0) is 34.7 Å². The van der Waals surface area contributed by atoms with Gasteiger partial charge in [0.05, 0.1) is 22.0 Å². The summed E-state index contributed by atoms with van der Waals surface area (Å²) in [7, 11) is 0. The lowest BCUT2D eigenvalue weighted by molar-refractivity contribution is 0.395. The van der Waals surface area contributed by atoms with E-state index in [1.165, 1.54) is 19.3 Å². The number of hydrogen-bond acceptors (Lipinski definition) is 3. The standard InChI is InChI=1S/C12H18BrN3/c1-2-9-3-5-16(6-4-9)12-10(13)7-15-8-11(12)14/h7-9H,2-6,14H2,1H3. The molecule has 0 amide bonds. The predicted octanol–water partition coefficient (Wildman–Crippen LogP) is 3.05. The topological polar surface area (TPSA) is 42.1 Å². The molecular weight excluding hydrogens is 266 g/mol. The Hall–Kier alpha value is -0.770. The van der Waals surface area contributed by atoms with E-state index in [0.717, 1.165) is 34.9 Å². The molecule has 3 nitrogen and oxygen atoms in total. The van der Waals surface area contributed by atoms with Gasteiger partial charge in [0.15, 0.2) is 0 Å². The smallest absolute Gasteiger partial charge is 0.0776 e. The van der Waals surface area contributed by atoms with Crippen molar-refractivity contribution in [1.82, 2.24) is 4.98 Å². The molecule has 0 atom stereocenters. The number of aromatic nitrogens is 1. The first kappa shape index (κ1) is 11.7. The van der Waals surface area contributed by atoms with Gasteiger partial charge in [0.1, 0.15) is 0 Å². The van der Waals surface area contributed by atoms with Crippen LogP contribution in [0, 0.1) is 5.92 Å². The Balaban J connectivity index is 2.14. The van der Waals surface area contributed by atoms with Crippen molar-refractivity contribution < 1.29 is 0 Å². The number of nitrogens with two attached hydrogens (primary N) is 1. The van der Waals surface area contributed by atoms with E-state index in [0.29, 0.717) is 0 Å². The number of pyridine rings is 1. The lowest BCUT2D eigenvalue weighted by Crippen LogP contribution is -2.34. The molecule has 4 heteroatoms. The normalized spacial score (nSPS) is 17.8. The summed E-state index contributed by atoms with van der Waals surface area (Å²) in [5.74, 6) is 0.887. The van der Waals surface area contributed by atoms with Crippen LogP contribution in [-0.2, 0) is 0 Å². The Morgan fingerprint density at radius 2 is 2.12 bits per heavy atom. The summed E-state index contributed by atoms with van der Waals surface area (Å²) in [6.45, 7) is 4.48. The zero-order chi connectivity index (χ0) is 11.5. The monoisotopic (exact) mass is 283 g/mol. The highest BCUT2D eigenvalue weighted by Crippen LogP contribution is 2.34. The molecule has 0 aliphatic carbocycles. The molecule has 1 aromatic rings. The molecule has 1 aliphatic rings. The van der Waals surface area contributed by atoms with Crippen LogP contribution < -0.4 is 10.6 Å². The van der Waals surface area contributed by atoms with E-state index >= 15 is 0 Å². The van der Waals surface area contributed by atoms with E-state index in [9.17, 15) is 0 Å². The first-order valence-corrected chi connectivity index (χ1v) is 6.65. The summed E-state index contributed by atoms with van der Waals surface area (Å²) >= 11 is 3.53. The summed E-state index contributed by atoms with van der Waals surface area (Å²) in [5.41, 5.74) is 7.87. The highest BCUT2D eigenvalue weighted by molar-refractivity contribution is 9.10. The molecule has 88 valence electrons. The maximum absolute atomic E-state index is 5.99. The third-order valence-corrected chi connectivity index (χ3v) is 3.99. The van der Waals surface area contributed by atoms with Gasteiger partial charge in [0, 0.05) is 19.3 Å². The fourth-order valence-electron chi connectivity index (χ4n) is 2.34. The minimum Gasteiger partial charge on any atom is -0.396 e. The minimum atomic E-state index is 0.768. The van der Waals surface area contributed by atoms with Gasteiger partial charge in [0.25, 0.3) is 0 Å². The van der Waals surface area contributed by atoms with Crippen LogP contribution in [0.3, 0.4) is 0 Å². The van der Waals surface area contributed by atoms with Gasteiger partial charge in [-0.25, -0.2) is 0 Å². The van der Waals surface area contributed by atoms with Crippen LogP contribution in [0.5, 0.6) is 0 Å². The van der Waals surface area contributed by atoms with Crippen molar-refractivity contribution in [2.45, 2.75) is 26.2 Å². The zero-order valence-corrected chi connectivity index (χ0v) is 11.2. The Bertz CT molecular complexity index is 339. The molecule has 2 N–H and O–H groups in total. The molecule has 0 unspecified atom stereocenters. The van der Waals surface area contributed by atoms with Crippen LogP contribution in [0.2, 0.25) is 0 Å². The Morgan fingerprint density at radius 1 is 1.44 bits per heavy atom. The van der Waals surface area contributed by atoms with E-state index in [-0.39, 0.29) is 0 Å². The first-order chi connectivity index (χ1) is 7.72.